The molecule has 0 aromatic carbocycles. The molecule has 1 atom stereocenters. The van der Waals surface area contributed by atoms with Gasteiger partial charge in [-0.2, -0.15) is 0 Å². The van der Waals surface area contributed by atoms with Gasteiger partial charge in [-0.1, -0.05) is 23.8 Å². The Labute approximate surface area is 68.4 Å². The van der Waals surface area contributed by atoms with E-state index in [1.165, 1.54) is 5.57 Å². The van der Waals surface area contributed by atoms with Crippen LogP contribution in [-0.2, 0) is 0 Å². The van der Waals surface area contributed by atoms with Gasteiger partial charge in [0.1, 0.15) is 0 Å². The summed E-state index contributed by atoms with van der Waals surface area (Å²) < 4.78 is 0. The van der Waals surface area contributed by atoms with Crippen LogP contribution in [0.4, 0.5) is 0 Å². The zero-order valence-electron chi connectivity index (χ0n) is 7.46. The molecule has 0 unspecified atom stereocenters. The minimum atomic E-state index is -0.576. The fraction of sp³-hybridized carbons (Fsp3) is 0.600. The molecule has 0 aromatic rings. The summed E-state index contributed by atoms with van der Waals surface area (Å²) in [7, 11) is 0. The molecule has 11 heavy (non-hydrogen) atoms. The largest absolute Gasteiger partial charge is 0.390 e. The van der Waals surface area contributed by atoms with Crippen LogP contribution < -0.4 is 0 Å². The van der Waals surface area contributed by atoms with Gasteiger partial charge in [-0.25, -0.2) is 0 Å². The average molecular weight is 152 g/mol. The molecule has 0 saturated carbocycles. The molecule has 0 saturated heterocycles. The van der Waals surface area contributed by atoms with Crippen LogP contribution >= 0.6 is 0 Å². The highest BCUT2D eigenvalue weighted by Gasteiger charge is 2.24. The number of hydrogen-bond acceptors (Lipinski definition) is 1. The molecular weight excluding hydrogens is 136 g/mol. The predicted molar refractivity (Wildman–Crippen MR) is 47.3 cm³/mol. The Bertz CT molecular complexity index is 193. The van der Waals surface area contributed by atoms with Gasteiger partial charge < -0.3 is 5.11 Å². The monoisotopic (exact) mass is 152 g/mol. The highest BCUT2D eigenvalue weighted by atomic mass is 16.3. The van der Waals surface area contributed by atoms with E-state index in [2.05, 4.69) is 25.2 Å². The summed E-state index contributed by atoms with van der Waals surface area (Å²) in [5, 5.41) is 9.65. The van der Waals surface area contributed by atoms with Gasteiger partial charge in [0.05, 0.1) is 5.60 Å². The standard InChI is InChI=1S/C10H16O/c1-8-4-6-9(7-5-8)10(2,3)11/h4-6,9,11H,7H2,1-3H3/t9-/m0/s1. The van der Waals surface area contributed by atoms with Crippen LogP contribution in [-0.4, -0.2) is 10.7 Å². The minimum absolute atomic E-state index is 0.284. The fourth-order valence-electron chi connectivity index (χ4n) is 1.25. The Hall–Kier alpha value is -0.560. The van der Waals surface area contributed by atoms with E-state index in [1.807, 2.05) is 13.8 Å². The molecule has 0 radical (unpaired) electrons. The van der Waals surface area contributed by atoms with E-state index in [-0.39, 0.29) is 5.92 Å². The summed E-state index contributed by atoms with van der Waals surface area (Å²) in [6.45, 7) is 5.80. The number of hydrogen-bond donors (Lipinski definition) is 1. The summed E-state index contributed by atoms with van der Waals surface area (Å²) in [5.74, 6) is 0.284. The normalized spacial score (nSPS) is 25.1. The molecule has 1 heteroatoms. The fourth-order valence-corrected chi connectivity index (χ4v) is 1.25. The smallest absolute Gasteiger partial charge is 0.0657 e. The van der Waals surface area contributed by atoms with Crippen molar-refractivity contribution in [3.63, 3.8) is 0 Å². The summed E-state index contributed by atoms with van der Waals surface area (Å²) in [6, 6.07) is 0. The van der Waals surface area contributed by atoms with Crippen molar-refractivity contribution in [2.75, 3.05) is 0 Å². The highest BCUT2D eigenvalue weighted by Crippen LogP contribution is 2.26. The lowest BCUT2D eigenvalue weighted by atomic mass is 9.84. The first kappa shape index (κ1) is 8.54. The molecule has 0 bridgehead atoms. The zero-order valence-corrected chi connectivity index (χ0v) is 7.46. The number of rotatable bonds is 1. The molecule has 0 spiro atoms. The maximum atomic E-state index is 9.65. The third-order valence-corrected chi connectivity index (χ3v) is 2.19. The van der Waals surface area contributed by atoms with Crippen molar-refractivity contribution < 1.29 is 5.11 Å². The van der Waals surface area contributed by atoms with Crippen LogP contribution in [0.3, 0.4) is 0 Å². The third kappa shape index (κ3) is 2.19. The highest BCUT2D eigenvalue weighted by molar-refractivity contribution is 5.22. The lowest BCUT2D eigenvalue weighted by molar-refractivity contribution is 0.0376. The van der Waals surface area contributed by atoms with Crippen molar-refractivity contribution in [1.82, 2.24) is 0 Å². The Morgan fingerprint density at radius 1 is 1.55 bits per heavy atom. The molecule has 0 heterocycles. The first-order valence-electron chi connectivity index (χ1n) is 4.07. The van der Waals surface area contributed by atoms with Crippen LogP contribution in [0.5, 0.6) is 0 Å². The Balaban J connectivity index is 2.63. The van der Waals surface area contributed by atoms with Gasteiger partial charge in [0.2, 0.25) is 0 Å². The zero-order chi connectivity index (χ0) is 8.48. The third-order valence-electron chi connectivity index (χ3n) is 2.19. The van der Waals surface area contributed by atoms with Gasteiger partial charge in [-0.05, 0) is 27.2 Å². The molecule has 62 valence electrons. The van der Waals surface area contributed by atoms with E-state index in [1.54, 1.807) is 0 Å². The SMILES string of the molecule is CC1=CC[C@@H](C(C)(C)O)C=C1. The maximum absolute atomic E-state index is 9.65. The van der Waals surface area contributed by atoms with E-state index >= 15 is 0 Å². The molecule has 1 rings (SSSR count). The van der Waals surface area contributed by atoms with Crippen molar-refractivity contribution in [3.8, 4) is 0 Å². The maximum Gasteiger partial charge on any atom is 0.0657 e. The molecule has 1 aliphatic rings. The summed E-state index contributed by atoms with van der Waals surface area (Å²) >= 11 is 0. The van der Waals surface area contributed by atoms with Crippen molar-refractivity contribution in [3.05, 3.63) is 23.8 Å². The van der Waals surface area contributed by atoms with Crippen molar-refractivity contribution >= 4 is 0 Å². The van der Waals surface area contributed by atoms with Gasteiger partial charge in [-0.15, -0.1) is 0 Å². The molecule has 1 nitrogen and oxygen atoms in total. The summed E-state index contributed by atoms with van der Waals surface area (Å²) in [4.78, 5) is 0. The first-order valence-corrected chi connectivity index (χ1v) is 4.07. The van der Waals surface area contributed by atoms with Crippen molar-refractivity contribution in [1.29, 1.82) is 0 Å². The van der Waals surface area contributed by atoms with Gasteiger partial charge in [0.25, 0.3) is 0 Å². The molecule has 0 aliphatic heterocycles. The second kappa shape index (κ2) is 2.82. The Morgan fingerprint density at radius 3 is 2.55 bits per heavy atom. The average Bonchev–Trinajstić information content (AvgIpc) is 1.86. The van der Waals surface area contributed by atoms with E-state index in [9.17, 15) is 5.11 Å². The van der Waals surface area contributed by atoms with Gasteiger partial charge in [0, 0.05) is 5.92 Å². The van der Waals surface area contributed by atoms with Crippen LogP contribution in [0.25, 0.3) is 0 Å². The van der Waals surface area contributed by atoms with Crippen molar-refractivity contribution in [2.24, 2.45) is 5.92 Å². The van der Waals surface area contributed by atoms with Crippen LogP contribution in [0.15, 0.2) is 23.8 Å². The molecule has 0 aromatic heterocycles. The Morgan fingerprint density at radius 2 is 2.18 bits per heavy atom. The lowest BCUT2D eigenvalue weighted by Gasteiger charge is -2.27. The van der Waals surface area contributed by atoms with Gasteiger partial charge >= 0.3 is 0 Å². The summed E-state index contributed by atoms with van der Waals surface area (Å²) in [6.07, 6.45) is 7.30. The predicted octanol–water partition coefficient (Wildman–Crippen LogP) is 2.28. The van der Waals surface area contributed by atoms with E-state index < -0.39 is 5.60 Å². The van der Waals surface area contributed by atoms with E-state index in [0.29, 0.717) is 0 Å². The van der Waals surface area contributed by atoms with E-state index in [0.717, 1.165) is 6.42 Å². The second-order valence-corrected chi connectivity index (χ2v) is 3.80. The molecule has 0 fully saturated rings. The van der Waals surface area contributed by atoms with Gasteiger partial charge in [0.15, 0.2) is 0 Å². The van der Waals surface area contributed by atoms with Crippen molar-refractivity contribution in [2.45, 2.75) is 32.8 Å². The quantitative estimate of drug-likeness (QED) is 0.611. The molecular formula is C10H16O. The first-order chi connectivity index (χ1) is 5.00. The second-order valence-electron chi connectivity index (χ2n) is 3.80. The molecule has 0 amide bonds. The van der Waals surface area contributed by atoms with Crippen LogP contribution in [0.1, 0.15) is 27.2 Å². The topological polar surface area (TPSA) is 20.2 Å². The van der Waals surface area contributed by atoms with Gasteiger partial charge in [-0.3, -0.25) is 0 Å². The summed E-state index contributed by atoms with van der Waals surface area (Å²) in [5.41, 5.74) is 0.721. The molecule has 1 aliphatic carbocycles. The molecule has 1 N–H and O–H groups in total. The van der Waals surface area contributed by atoms with Crippen LogP contribution in [0.2, 0.25) is 0 Å². The number of allylic oxidation sites excluding steroid dienone is 3. The van der Waals surface area contributed by atoms with E-state index in [4.69, 9.17) is 0 Å². The minimum Gasteiger partial charge on any atom is -0.390 e. The number of aliphatic hydroxyl groups is 1. The lowest BCUT2D eigenvalue weighted by Crippen LogP contribution is -2.29. The van der Waals surface area contributed by atoms with Crippen LogP contribution in [0, 0.1) is 5.92 Å². The Kier molecular flexibility index (Phi) is 2.19.